The Balaban J connectivity index is 1.36. The quantitative estimate of drug-likeness (QED) is 0.237. The van der Waals surface area contributed by atoms with E-state index < -0.39 is 43.8 Å². The molecule has 2 fully saturated rings. The Bertz CT molecular complexity index is 1340. The minimum absolute atomic E-state index is 0.0887. The molecule has 0 bridgehead atoms. The topological polar surface area (TPSA) is 105 Å². The van der Waals surface area contributed by atoms with Crippen LogP contribution in [-0.4, -0.2) is 77.5 Å². The van der Waals surface area contributed by atoms with Crippen molar-refractivity contribution in [2.24, 2.45) is 5.92 Å². The average molecular weight is 650 g/mol. The molecule has 1 saturated carbocycles. The van der Waals surface area contributed by atoms with E-state index in [0.717, 1.165) is 18.4 Å². The number of rotatable bonds is 9. The van der Waals surface area contributed by atoms with Crippen LogP contribution in [0.3, 0.4) is 0 Å². The Labute approximate surface area is 251 Å². The van der Waals surface area contributed by atoms with Crippen molar-refractivity contribution < 1.29 is 35.9 Å². The van der Waals surface area contributed by atoms with Gasteiger partial charge < -0.3 is 19.9 Å². The fourth-order valence-corrected chi connectivity index (χ4v) is 5.96. The zero-order valence-corrected chi connectivity index (χ0v) is 25.8. The zero-order chi connectivity index (χ0) is 32.3. The third-order valence-corrected chi connectivity index (χ3v) is 9.41. The molecule has 0 unspecified atom stereocenters. The van der Waals surface area contributed by atoms with E-state index in [1.54, 1.807) is 9.80 Å². The molecule has 244 valence electrons. The van der Waals surface area contributed by atoms with E-state index in [2.05, 4.69) is 40.0 Å². The van der Waals surface area contributed by atoms with Gasteiger partial charge in [0.25, 0.3) is 5.56 Å². The van der Waals surface area contributed by atoms with Gasteiger partial charge in [-0.1, -0.05) is 26.1 Å². The summed E-state index contributed by atoms with van der Waals surface area (Å²) in [6.07, 6.45) is -5.69. The van der Waals surface area contributed by atoms with Crippen molar-refractivity contribution in [3.8, 4) is 0 Å². The van der Waals surface area contributed by atoms with E-state index in [-0.39, 0.29) is 29.6 Å². The standard InChI is InChI=1S/C27H37F6N7O3Si/c1-44(2,3)12-11-43-17-40-24(42)21(27(31,32)33)14-22(37-40)36-20-6-4-5-18(13-20)23(41)38-7-9-39(10-8-38)25-34-15-19(16-35-25)26(28,29)30/h14-16,18,20H,4-13,17H2,1-3H3,(H,36,37)/t18-,20+/m1/s1. The van der Waals surface area contributed by atoms with Gasteiger partial charge in [0.1, 0.15) is 18.1 Å². The van der Waals surface area contributed by atoms with E-state index in [9.17, 15) is 35.9 Å². The Morgan fingerprint density at radius 1 is 1.02 bits per heavy atom. The van der Waals surface area contributed by atoms with E-state index in [4.69, 9.17) is 4.74 Å². The lowest BCUT2D eigenvalue weighted by Crippen LogP contribution is -2.51. The number of carbonyl (C=O) groups excluding carboxylic acids is 1. The van der Waals surface area contributed by atoms with E-state index in [0.29, 0.717) is 69.2 Å². The molecule has 1 aliphatic carbocycles. The summed E-state index contributed by atoms with van der Waals surface area (Å²) < 4.78 is 85.7. The maximum atomic E-state index is 13.7. The fraction of sp³-hybridized carbons (Fsp3) is 0.667. The highest BCUT2D eigenvalue weighted by Gasteiger charge is 2.37. The second-order valence-electron chi connectivity index (χ2n) is 12.4. The lowest BCUT2D eigenvalue weighted by molar-refractivity contribution is -0.139. The summed E-state index contributed by atoms with van der Waals surface area (Å²) in [5.74, 6) is -0.420. The predicted molar refractivity (Wildman–Crippen MR) is 153 cm³/mol. The summed E-state index contributed by atoms with van der Waals surface area (Å²) in [5.41, 5.74) is -3.57. The molecule has 1 N–H and O–H groups in total. The van der Waals surface area contributed by atoms with Crippen LogP contribution in [-0.2, 0) is 28.6 Å². The molecular weight excluding hydrogens is 612 g/mol. The van der Waals surface area contributed by atoms with Crippen molar-refractivity contribution in [1.29, 1.82) is 0 Å². The lowest BCUT2D eigenvalue weighted by Gasteiger charge is -2.38. The molecule has 1 amide bonds. The van der Waals surface area contributed by atoms with E-state index in [1.807, 2.05) is 0 Å². The second-order valence-corrected chi connectivity index (χ2v) is 18.0. The number of halogens is 6. The molecule has 2 aliphatic rings. The van der Waals surface area contributed by atoms with Gasteiger partial charge in [-0.25, -0.2) is 14.6 Å². The molecule has 3 heterocycles. The lowest BCUT2D eigenvalue weighted by atomic mass is 9.84. The summed E-state index contributed by atoms with van der Waals surface area (Å²) in [4.78, 5) is 36.9. The van der Waals surface area contributed by atoms with Crippen LogP contribution in [0.1, 0.15) is 36.8 Å². The fourth-order valence-electron chi connectivity index (χ4n) is 5.20. The van der Waals surface area contributed by atoms with Gasteiger partial charge in [-0.05, 0) is 25.3 Å². The molecule has 0 aromatic carbocycles. The molecule has 10 nitrogen and oxygen atoms in total. The van der Waals surface area contributed by atoms with Crippen molar-refractivity contribution in [3.63, 3.8) is 0 Å². The molecule has 17 heteroatoms. The largest absolute Gasteiger partial charge is 0.421 e. The number of piperazine rings is 1. The maximum Gasteiger partial charge on any atom is 0.421 e. The van der Waals surface area contributed by atoms with Gasteiger partial charge in [0.2, 0.25) is 11.9 Å². The highest BCUT2D eigenvalue weighted by Crippen LogP contribution is 2.31. The van der Waals surface area contributed by atoms with Crippen LogP contribution >= 0.6 is 0 Å². The Hall–Kier alpha value is -3.21. The molecule has 1 aliphatic heterocycles. The van der Waals surface area contributed by atoms with Crippen LogP contribution in [0, 0.1) is 5.92 Å². The monoisotopic (exact) mass is 649 g/mol. The summed E-state index contributed by atoms with van der Waals surface area (Å²) in [6.45, 7) is 7.65. The number of hydrogen-bond acceptors (Lipinski definition) is 8. The molecule has 0 spiro atoms. The summed E-state index contributed by atoms with van der Waals surface area (Å²) in [7, 11) is -1.44. The number of carbonyl (C=O) groups is 1. The minimum Gasteiger partial charge on any atom is -0.366 e. The zero-order valence-electron chi connectivity index (χ0n) is 24.8. The van der Waals surface area contributed by atoms with Crippen LogP contribution < -0.4 is 15.8 Å². The van der Waals surface area contributed by atoms with Crippen molar-refractivity contribution in [2.45, 2.75) is 76.5 Å². The predicted octanol–water partition coefficient (Wildman–Crippen LogP) is 4.70. The van der Waals surface area contributed by atoms with Gasteiger partial charge in [-0.2, -0.15) is 26.3 Å². The average Bonchev–Trinajstić information content (AvgIpc) is 2.95. The molecule has 2 aromatic heterocycles. The third-order valence-electron chi connectivity index (χ3n) is 7.70. The number of nitrogens with one attached hydrogen (secondary N) is 1. The highest BCUT2D eigenvalue weighted by molar-refractivity contribution is 6.76. The second kappa shape index (κ2) is 13.4. The summed E-state index contributed by atoms with van der Waals surface area (Å²) >= 11 is 0. The number of ether oxygens (including phenoxy) is 1. The first kappa shape index (κ1) is 33.7. The normalized spacial score (nSPS) is 20.1. The van der Waals surface area contributed by atoms with Gasteiger partial charge in [-0.3, -0.25) is 9.59 Å². The van der Waals surface area contributed by atoms with Crippen molar-refractivity contribution in [3.05, 3.63) is 39.9 Å². The first-order valence-electron chi connectivity index (χ1n) is 14.5. The van der Waals surface area contributed by atoms with Crippen LogP contribution in [0.2, 0.25) is 25.7 Å². The first-order chi connectivity index (χ1) is 20.5. The number of anilines is 2. The summed E-state index contributed by atoms with van der Waals surface area (Å²) in [5, 5.41) is 7.11. The number of nitrogens with zero attached hydrogens (tertiary/aromatic N) is 6. The van der Waals surface area contributed by atoms with Crippen LogP contribution in [0.15, 0.2) is 23.3 Å². The number of aromatic nitrogens is 4. The van der Waals surface area contributed by atoms with E-state index >= 15 is 0 Å². The molecule has 2 aromatic rings. The summed E-state index contributed by atoms with van der Waals surface area (Å²) in [6, 6.07) is 1.14. The van der Waals surface area contributed by atoms with Crippen molar-refractivity contribution in [1.82, 2.24) is 24.6 Å². The van der Waals surface area contributed by atoms with Crippen molar-refractivity contribution in [2.75, 3.05) is 43.0 Å². The molecule has 2 atom stereocenters. The minimum atomic E-state index is -4.88. The van der Waals surface area contributed by atoms with Gasteiger partial charge in [0.05, 0.1) is 5.56 Å². The third kappa shape index (κ3) is 8.92. The number of alkyl halides is 6. The first-order valence-corrected chi connectivity index (χ1v) is 18.2. The smallest absolute Gasteiger partial charge is 0.366 e. The van der Waals surface area contributed by atoms with Crippen molar-refractivity contribution >= 4 is 25.7 Å². The van der Waals surface area contributed by atoms with E-state index in [1.165, 1.54) is 0 Å². The molecule has 4 rings (SSSR count). The van der Waals surface area contributed by atoms with Crippen LogP contribution in [0.25, 0.3) is 0 Å². The molecular formula is C27H37F6N7O3Si. The van der Waals surface area contributed by atoms with Gasteiger partial charge >= 0.3 is 12.4 Å². The SMILES string of the molecule is C[Si](C)(C)CCOCn1nc(N[C@H]2CCC[C@@H](C(=O)N3CCN(c4ncc(C(F)(F)F)cn4)CC3)C2)cc(C(F)(F)F)c1=O. The Morgan fingerprint density at radius 3 is 2.27 bits per heavy atom. The van der Waals surface area contributed by atoms with Gasteiger partial charge in [0.15, 0.2) is 0 Å². The Kier molecular flexibility index (Phi) is 10.3. The number of amides is 1. The van der Waals surface area contributed by atoms with Gasteiger partial charge in [-0.15, -0.1) is 5.10 Å². The molecule has 44 heavy (non-hydrogen) atoms. The Morgan fingerprint density at radius 2 is 1.68 bits per heavy atom. The van der Waals surface area contributed by atoms with Gasteiger partial charge in [0, 0.05) is 71.3 Å². The van der Waals surface area contributed by atoms with Crippen LogP contribution in [0.5, 0.6) is 0 Å². The van der Waals surface area contributed by atoms with Crippen LogP contribution in [0.4, 0.5) is 38.1 Å². The molecule has 0 radical (unpaired) electrons. The number of hydrogen-bond donors (Lipinski definition) is 1. The highest BCUT2D eigenvalue weighted by atomic mass is 28.3. The molecule has 1 saturated heterocycles. The maximum absolute atomic E-state index is 13.7.